The van der Waals surface area contributed by atoms with Gasteiger partial charge in [-0.05, 0) is 12.5 Å². The molecule has 18 heavy (non-hydrogen) atoms. The van der Waals surface area contributed by atoms with E-state index >= 15 is 0 Å². The number of amides is 1. The molecule has 0 aliphatic carbocycles. The molecule has 102 valence electrons. The molecule has 0 aromatic carbocycles. The van der Waals surface area contributed by atoms with Gasteiger partial charge in [0.15, 0.2) is 0 Å². The maximum atomic E-state index is 11.9. The Hall–Kier alpha value is -1.20. The second-order valence-corrected chi connectivity index (χ2v) is 4.09. The van der Waals surface area contributed by atoms with Crippen LogP contribution in [0.15, 0.2) is 12.5 Å². The summed E-state index contributed by atoms with van der Waals surface area (Å²) in [6.07, 6.45) is 3.05. The Labute approximate surface area is 114 Å². The first kappa shape index (κ1) is 16.8. The fourth-order valence-corrected chi connectivity index (χ4v) is 1.51. The summed E-state index contributed by atoms with van der Waals surface area (Å²) in [5, 5.41) is 5.99. The van der Waals surface area contributed by atoms with Crippen molar-refractivity contribution < 1.29 is 4.79 Å². The van der Waals surface area contributed by atoms with Gasteiger partial charge in [-0.25, -0.2) is 9.97 Å². The summed E-state index contributed by atoms with van der Waals surface area (Å²) in [6.45, 7) is 8.34. The van der Waals surface area contributed by atoms with Crippen LogP contribution in [0.2, 0.25) is 0 Å². The third-order valence-electron chi connectivity index (χ3n) is 2.37. The van der Waals surface area contributed by atoms with Crippen LogP contribution in [-0.4, -0.2) is 35.5 Å². The van der Waals surface area contributed by atoms with E-state index in [1.165, 1.54) is 6.33 Å². The summed E-state index contributed by atoms with van der Waals surface area (Å²) in [6, 6.07) is 0. The normalized spacial score (nSPS) is 10.0. The fraction of sp³-hybridized carbons (Fsp3) is 0.583. The number of aromatic nitrogens is 2. The second-order valence-electron chi connectivity index (χ2n) is 4.09. The minimum absolute atomic E-state index is 0. The van der Waals surface area contributed by atoms with Crippen LogP contribution >= 0.6 is 12.4 Å². The zero-order chi connectivity index (χ0) is 12.7. The number of nitrogens with one attached hydrogen (secondary N) is 2. The number of hydrogen-bond donors (Lipinski definition) is 2. The monoisotopic (exact) mass is 272 g/mol. The van der Waals surface area contributed by atoms with Crippen molar-refractivity contribution >= 4 is 18.3 Å². The molecule has 5 nitrogen and oxygen atoms in total. The van der Waals surface area contributed by atoms with Gasteiger partial charge >= 0.3 is 0 Å². The molecule has 0 unspecified atom stereocenters. The average molecular weight is 273 g/mol. The number of rotatable bonds is 6. The van der Waals surface area contributed by atoms with Crippen LogP contribution in [0.5, 0.6) is 0 Å². The summed E-state index contributed by atoms with van der Waals surface area (Å²) in [7, 11) is 0. The van der Waals surface area contributed by atoms with Gasteiger partial charge in [-0.3, -0.25) is 4.79 Å². The number of nitrogens with zero attached hydrogens (tertiary/aromatic N) is 2. The molecule has 0 fully saturated rings. The minimum Gasteiger partial charge on any atom is -0.351 e. The predicted octanol–water partition coefficient (Wildman–Crippen LogP) is 1.36. The highest BCUT2D eigenvalue weighted by atomic mass is 35.5. The van der Waals surface area contributed by atoms with Gasteiger partial charge in [0.2, 0.25) is 0 Å². The predicted molar refractivity (Wildman–Crippen MR) is 74.2 cm³/mol. The SMILES string of the molecule is CCNCCNC(=O)c1cncnc1C(C)C.Cl. The molecule has 0 aliphatic heterocycles. The summed E-state index contributed by atoms with van der Waals surface area (Å²) in [5.41, 5.74) is 1.36. The van der Waals surface area contributed by atoms with Crippen LogP contribution in [0.4, 0.5) is 0 Å². The van der Waals surface area contributed by atoms with Crippen LogP contribution in [0.25, 0.3) is 0 Å². The van der Waals surface area contributed by atoms with Gasteiger partial charge in [0.25, 0.3) is 5.91 Å². The molecule has 0 saturated carbocycles. The molecular weight excluding hydrogens is 252 g/mol. The van der Waals surface area contributed by atoms with Crippen LogP contribution in [0.3, 0.4) is 0 Å². The van der Waals surface area contributed by atoms with E-state index in [2.05, 4.69) is 20.6 Å². The van der Waals surface area contributed by atoms with Gasteiger partial charge in [-0.1, -0.05) is 20.8 Å². The van der Waals surface area contributed by atoms with Crippen molar-refractivity contribution in [3.05, 3.63) is 23.8 Å². The van der Waals surface area contributed by atoms with Crippen LogP contribution < -0.4 is 10.6 Å². The molecule has 1 rings (SSSR count). The molecule has 2 N–H and O–H groups in total. The van der Waals surface area contributed by atoms with Crippen molar-refractivity contribution in [3.63, 3.8) is 0 Å². The summed E-state index contributed by atoms with van der Waals surface area (Å²) in [5.74, 6) is 0.111. The van der Waals surface area contributed by atoms with Crippen molar-refractivity contribution in [2.45, 2.75) is 26.7 Å². The summed E-state index contributed by atoms with van der Waals surface area (Å²) >= 11 is 0. The van der Waals surface area contributed by atoms with Gasteiger partial charge in [0.1, 0.15) is 6.33 Å². The number of halogens is 1. The van der Waals surface area contributed by atoms with Crippen LogP contribution in [0.1, 0.15) is 42.7 Å². The minimum atomic E-state index is -0.104. The Morgan fingerprint density at radius 1 is 1.39 bits per heavy atom. The second kappa shape index (κ2) is 8.83. The summed E-state index contributed by atoms with van der Waals surface area (Å²) < 4.78 is 0. The molecule has 0 bridgehead atoms. The maximum absolute atomic E-state index is 11.9. The molecule has 0 atom stereocenters. The lowest BCUT2D eigenvalue weighted by Gasteiger charge is -2.10. The number of carbonyl (C=O) groups excluding carboxylic acids is 1. The molecule has 1 aromatic heterocycles. The van der Waals surface area contributed by atoms with E-state index in [9.17, 15) is 4.79 Å². The van der Waals surface area contributed by atoms with E-state index in [0.29, 0.717) is 12.1 Å². The molecule has 1 aromatic rings. The Kier molecular flexibility index (Phi) is 8.24. The molecule has 0 radical (unpaired) electrons. The van der Waals surface area contributed by atoms with Crippen molar-refractivity contribution in [2.75, 3.05) is 19.6 Å². The molecule has 0 aliphatic rings. The van der Waals surface area contributed by atoms with Crippen molar-refractivity contribution in [3.8, 4) is 0 Å². The lowest BCUT2D eigenvalue weighted by Crippen LogP contribution is -2.32. The highest BCUT2D eigenvalue weighted by Gasteiger charge is 2.14. The zero-order valence-corrected chi connectivity index (χ0v) is 11.9. The molecule has 0 saturated heterocycles. The molecule has 6 heteroatoms. The Bertz CT molecular complexity index is 371. The van der Waals surface area contributed by atoms with Crippen molar-refractivity contribution in [1.29, 1.82) is 0 Å². The van der Waals surface area contributed by atoms with Crippen LogP contribution in [0, 0.1) is 0 Å². The van der Waals surface area contributed by atoms with Gasteiger partial charge in [0.05, 0.1) is 11.3 Å². The fourth-order valence-electron chi connectivity index (χ4n) is 1.51. The lowest BCUT2D eigenvalue weighted by molar-refractivity contribution is 0.0951. The number of hydrogen-bond acceptors (Lipinski definition) is 4. The Morgan fingerprint density at radius 3 is 2.72 bits per heavy atom. The zero-order valence-electron chi connectivity index (χ0n) is 11.1. The average Bonchev–Trinajstić information content (AvgIpc) is 2.34. The molecule has 1 heterocycles. The molecular formula is C12H21ClN4O. The highest BCUT2D eigenvalue weighted by molar-refractivity contribution is 5.95. The number of carbonyl (C=O) groups is 1. The van der Waals surface area contributed by atoms with Gasteiger partial charge in [0, 0.05) is 19.3 Å². The first-order chi connectivity index (χ1) is 8.16. The Balaban J connectivity index is 0.00000289. The quantitative estimate of drug-likeness (QED) is 0.768. The van der Waals surface area contributed by atoms with Crippen LogP contribution in [-0.2, 0) is 0 Å². The standard InChI is InChI=1S/C12H20N4O.ClH/c1-4-13-5-6-15-12(17)10-7-14-8-16-11(10)9(2)3;/h7-9,13H,4-6H2,1-3H3,(H,15,17);1H. The van der Waals surface area contributed by atoms with Gasteiger partial charge in [-0.2, -0.15) is 0 Å². The van der Waals surface area contributed by atoms with E-state index in [4.69, 9.17) is 0 Å². The van der Waals surface area contributed by atoms with E-state index in [0.717, 1.165) is 18.8 Å². The molecule has 0 spiro atoms. The van der Waals surface area contributed by atoms with E-state index in [1.807, 2.05) is 20.8 Å². The smallest absolute Gasteiger partial charge is 0.254 e. The van der Waals surface area contributed by atoms with E-state index < -0.39 is 0 Å². The van der Waals surface area contributed by atoms with Crippen molar-refractivity contribution in [1.82, 2.24) is 20.6 Å². The third kappa shape index (κ3) is 4.98. The van der Waals surface area contributed by atoms with E-state index in [-0.39, 0.29) is 24.2 Å². The third-order valence-corrected chi connectivity index (χ3v) is 2.37. The van der Waals surface area contributed by atoms with Gasteiger partial charge in [-0.15, -0.1) is 12.4 Å². The lowest BCUT2D eigenvalue weighted by atomic mass is 10.0. The summed E-state index contributed by atoms with van der Waals surface area (Å²) in [4.78, 5) is 20.0. The molecule has 1 amide bonds. The van der Waals surface area contributed by atoms with E-state index in [1.54, 1.807) is 6.20 Å². The maximum Gasteiger partial charge on any atom is 0.254 e. The first-order valence-electron chi connectivity index (χ1n) is 5.95. The topological polar surface area (TPSA) is 66.9 Å². The number of likely N-dealkylation sites (N-methyl/N-ethyl adjacent to an activating group) is 1. The first-order valence-corrected chi connectivity index (χ1v) is 5.95. The largest absolute Gasteiger partial charge is 0.351 e. The van der Waals surface area contributed by atoms with Crippen molar-refractivity contribution in [2.24, 2.45) is 0 Å². The Morgan fingerprint density at radius 2 is 2.11 bits per heavy atom. The van der Waals surface area contributed by atoms with Gasteiger partial charge < -0.3 is 10.6 Å². The highest BCUT2D eigenvalue weighted by Crippen LogP contribution is 2.14.